The van der Waals surface area contributed by atoms with E-state index in [9.17, 15) is 4.79 Å². The van der Waals surface area contributed by atoms with E-state index in [4.69, 9.17) is 20.9 Å². The number of guanidine groups is 1. The number of ether oxygens (including phenoxy) is 2. The minimum Gasteiger partial charge on any atom is -0.493 e. The lowest BCUT2D eigenvalue weighted by Crippen LogP contribution is -2.28. The van der Waals surface area contributed by atoms with Crippen LogP contribution in [0.1, 0.15) is 18.1 Å². The molecule has 1 heterocycles. The lowest BCUT2D eigenvalue weighted by atomic mass is 9.98. The van der Waals surface area contributed by atoms with E-state index in [1.807, 2.05) is 19.1 Å². The number of benzene rings is 1. The summed E-state index contributed by atoms with van der Waals surface area (Å²) in [7, 11) is 1.57. The normalized spacial score (nSPS) is 16.6. The van der Waals surface area contributed by atoms with E-state index in [-0.39, 0.29) is 5.96 Å². The van der Waals surface area contributed by atoms with Crippen LogP contribution in [0.15, 0.2) is 22.7 Å². The Balaban J connectivity index is 2.54. The van der Waals surface area contributed by atoms with Crippen LogP contribution >= 0.6 is 0 Å². The van der Waals surface area contributed by atoms with E-state index in [1.165, 1.54) is 0 Å². The average Bonchev–Trinajstić information content (AvgIpc) is 2.37. The van der Waals surface area contributed by atoms with E-state index in [2.05, 4.69) is 4.99 Å². The smallest absolute Gasteiger partial charge is 0.279 e. The predicted molar refractivity (Wildman–Crippen MR) is 76.6 cm³/mol. The van der Waals surface area contributed by atoms with Gasteiger partial charge in [-0.15, -0.1) is 0 Å². The van der Waals surface area contributed by atoms with Gasteiger partial charge in [0, 0.05) is 5.56 Å². The highest BCUT2D eigenvalue weighted by molar-refractivity contribution is 6.05. The van der Waals surface area contributed by atoms with E-state index in [0.29, 0.717) is 17.1 Å². The van der Waals surface area contributed by atoms with Crippen molar-refractivity contribution >= 4 is 17.9 Å². The molecule has 0 saturated heterocycles. The topological polar surface area (TPSA) is 99.9 Å². The molecule has 106 valence electrons. The zero-order valence-electron chi connectivity index (χ0n) is 11.6. The molecule has 0 fully saturated rings. The first-order valence-corrected chi connectivity index (χ1v) is 6.13. The summed E-state index contributed by atoms with van der Waals surface area (Å²) in [6, 6.07) is 3.73. The van der Waals surface area contributed by atoms with Gasteiger partial charge in [-0.05, 0) is 31.6 Å². The van der Waals surface area contributed by atoms with Crippen molar-refractivity contribution in [1.29, 1.82) is 0 Å². The first-order valence-electron chi connectivity index (χ1n) is 6.13. The highest BCUT2D eigenvalue weighted by Gasteiger charge is 2.27. The number of carbonyl (C=O) groups is 1. The molecule has 1 atom stereocenters. The molecular formula is C14H17N3O3. The number of methoxy groups -OCH3 is 1. The number of nitrogens with zero attached hydrogens (tertiary/aromatic N) is 1. The van der Waals surface area contributed by atoms with Crippen LogP contribution in [0.3, 0.4) is 0 Å². The Labute approximate surface area is 117 Å². The zero-order chi connectivity index (χ0) is 14.9. The molecule has 6 nitrogen and oxygen atoms in total. The van der Waals surface area contributed by atoms with Crippen LogP contribution in [0.25, 0.3) is 6.08 Å². The van der Waals surface area contributed by atoms with Crippen LogP contribution < -0.4 is 20.9 Å². The summed E-state index contributed by atoms with van der Waals surface area (Å²) in [5.74, 6) is 0.491. The highest BCUT2D eigenvalue weighted by atomic mass is 16.5. The molecule has 0 bridgehead atoms. The van der Waals surface area contributed by atoms with Gasteiger partial charge < -0.3 is 20.9 Å². The molecule has 6 heteroatoms. The second kappa shape index (κ2) is 5.24. The Bertz CT molecular complexity index is 616. The van der Waals surface area contributed by atoms with E-state index < -0.39 is 12.0 Å². The monoisotopic (exact) mass is 275 g/mol. The standard InChI is InChI=1S/C14H17N3O3/c1-7-4-5-11(19-3)12-9(7)6-10(8(2)20-12)13(18)17-14(15)16/h4-6,8H,1-3H3,(H4,15,16,17,18). The average molecular weight is 275 g/mol. The second-order valence-electron chi connectivity index (χ2n) is 4.53. The fourth-order valence-corrected chi connectivity index (χ4v) is 2.07. The summed E-state index contributed by atoms with van der Waals surface area (Å²) < 4.78 is 11.1. The fraction of sp³-hybridized carbons (Fsp3) is 0.286. The molecule has 1 aromatic rings. The molecule has 1 aliphatic heterocycles. The number of nitrogens with two attached hydrogens (primary N) is 2. The van der Waals surface area contributed by atoms with Crippen molar-refractivity contribution in [3.63, 3.8) is 0 Å². The molecule has 4 N–H and O–H groups in total. The number of fused-ring (bicyclic) bond motifs is 1. The zero-order valence-corrected chi connectivity index (χ0v) is 11.6. The Morgan fingerprint density at radius 3 is 2.70 bits per heavy atom. The molecule has 0 aromatic heterocycles. The van der Waals surface area contributed by atoms with Crippen molar-refractivity contribution in [3.05, 3.63) is 28.8 Å². The van der Waals surface area contributed by atoms with Gasteiger partial charge in [0.05, 0.1) is 12.7 Å². The molecule has 20 heavy (non-hydrogen) atoms. The van der Waals surface area contributed by atoms with Crippen LogP contribution in [0.2, 0.25) is 0 Å². The maximum Gasteiger partial charge on any atom is 0.279 e. The summed E-state index contributed by atoms with van der Waals surface area (Å²) in [5.41, 5.74) is 12.7. The van der Waals surface area contributed by atoms with E-state index in [1.54, 1.807) is 20.1 Å². The van der Waals surface area contributed by atoms with Crippen LogP contribution in [0.5, 0.6) is 11.5 Å². The van der Waals surface area contributed by atoms with Crippen LogP contribution in [-0.2, 0) is 4.79 Å². The van der Waals surface area contributed by atoms with Gasteiger partial charge in [-0.2, -0.15) is 4.99 Å². The van der Waals surface area contributed by atoms with Gasteiger partial charge in [0.1, 0.15) is 6.10 Å². The number of amides is 1. The third kappa shape index (κ3) is 2.45. The number of carbonyl (C=O) groups excluding carboxylic acids is 1. The third-order valence-electron chi connectivity index (χ3n) is 3.11. The van der Waals surface area contributed by atoms with Crippen molar-refractivity contribution in [2.45, 2.75) is 20.0 Å². The first-order chi connectivity index (χ1) is 9.43. The Morgan fingerprint density at radius 2 is 2.10 bits per heavy atom. The van der Waals surface area contributed by atoms with E-state index in [0.717, 1.165) is 11.1 Å². The Kier molecular flexibility index (Phi) is 3.65. The maximum absolute atomic E-state index is 12.0. The molecule has 0 spiro atoms. The molecular weight excluding hydrogens is 258 g/mol. The molecule has 1 amide bonds. The highest BCUT2D eigenvalue weighted by Crippen LogP contribution is 2.39. The Morgan fingerprint density at radius 1 is 1.40 bits per heavy atom. The van der Waals surface area contributed by atoms with Crippen molar-refractivity contribution in [2.75, 3.05) is 7.11 Å². The van der Waals surface area contributed by atoms with Crippen molar-refractivity contribution in [1.82, 2.24) is 0 Å². The summed E-state index contributed by atoms with van der Waals surface area (Å²) >= 11 is 0. The molecule has 1 aliphatic rings. The molecule has 0 saturated carbocycles. The lowest BCUT2D eigenvalue weighted by Gasteiger charge is -2.25. The summed E-state index contributed by atoms with van der Waals surface area (Å²) in [4.78, 5) is 15.5. The predicted octanol–water partition coefficient (Wildman–Crippen LogP) is 0.968. The minimum atomic E-state index is -0.495. The van der Waals surface area contributed by atoms with Gasteiger partial charge in [0.25, 0.3) is 5.91 Å². The SMILES string of the molecule is COc1ccc(C)c2c1OC(C)C(C(=O)N=C(N)N)=C2. The fourth-order valence-electron chi connectivity index (χ4n) is 2.07. The van der Waals surface area contributed by atoms with Gasteiger partial charge >= 0.3 is 0 Å². The first kappa shape index (κ1) is 13.9. The van der Waals surface area contributed by atoms with Gasteiger partial charge in [-0.25, -0.2) is 0 Å². The summed E-state index contributed by atoms with van der Waals surface area (Å²) in [6.45, 7) is 3.69. The summed E-state index contributed by atoms with van der Waals surface area (Å²) in [5, 5.41) is 0. The van der Waals surface area contributed by atoms with Crippen molar-refractivity contribution in [2.24, 2.45) is 16.5 Å². The van der Waals surface area contributed by atoms with Crippen LogP contribution in [0, 0.1) is 6.92 Å². The minimum absolute atomic E-state index is 0.267. The number of hydrogen-bond acceptors (Lipinski definition) is 3. The lowest BCUT2D eigenvalue weighted by molar-refractivity contribution is -0.115. The number of aliphatic imine (C=N–C) groups is 1. The van der Waals surface area contributed by atoms with Gasteiger partial charge in [-0.3, -0.25) is 4.79 Å². The number of hydrogen-bond donors (Lipinski definition) is 2. The third-order valence-corrected chi connectivity index (χ3v) is 3.11. The quantitative estimate of drug-likeness (QED) is 0.618. The molecule has 0 radical (unpaired) electrons. The van der Waals surface area contributed by atoms with Gasteiger partial charge in [-0.1, -0.05) is 6.07 Å². The second-order valence-corrected chi connectivity index (χ2v) is 4.53. The van der Waals surface area contributed by atoms with Crippen LogP contribution in [0.4, 0.5) is 0 Å². The number of rotatable bonds is 2. The van der Waals surface area contributed by atoms with Gasteiger partial charge in [0.15, 0.2) is 17.5 Å². The van der Waals surface area contributed by atoms with Gasteiger partial charge in [0.2, 0.25) is 0 Å². The Hall–Kier alpha value is -2.50. The van der Waals surface area contributed by atoms with Crippen molar-refractivity contribution in [3.8, 4) is 11.5 Å². The van der Waals surface area contributed by atoms with E-state index >= 15 is 0 Å². The number of aryl methyl sites for hydroxylation is 1. The van der Waals surface area contributed by atoms with Crippen LogP contribution in [-0.4, -0.2) is 25.1 Å². The molecule has 1 aromatic carbocycles. The van der Waals surface area contributed by atoms with Crippen molar-refractivity contribution < 1.29 is 14.3 Å². The largest absolute Gasteiger partial charge is 0.493 e. The molecule has 1 unspecified atom stereocenters. The summed E-state index contributed by atoms with van der Waals surface area (Å²) in [6.07, 6.45) is 1.30. The maximum atomic E-state index is 12.0. The molecule has 0 aliphatic carbocycles. The molecule has 2 rings (SSSR count).